The number of carbonyl (C=O) groups is 1. The number of rotatable bonds is 5. The molecule has 0 radical (unpaired) electrons. The summed E-state index contributed by atoms with van der Waals surface area (Å²) >= 11 is 0. The Bertz CT molecular complexity index is 243. The molecule has 0 aliphatic carbocycles. The van der Waals surface area contributed by atoms with Crippen LogP contribution in [-0.2, 0) is 4.79 Å². The Balaban J connectivity index is 2.36. The molecule has 1 unspecified atom stereocenters. The zero-order valence-electron chi connectivity index (χ0n) is 11.7. The van der Waals surface area contributed by atoms with Gasteiger partial charge in [-0.15, -0.1) is 0 Å². The maximum Gasteiger partial charge on any atom is 0.236 e. The molecular formula is C13H27N3O. The largest absolute Gasteiger partial charge is 0.340 e. The van der Waals surface area contributed by atoms with Crippen LogP contribution in [0.3, 0.4) is 0 Å². The lowest BCUT2D eigenvalue weighted by Gasteiger charge is -2.33. The van der Waals surface area contributed by atoms with Crippen LogP contribution in [0.5, 0.6) is 0 Å². The van der Waals surface area contributed by atoms with Gasteiger partial charge in [0, 0.05) is 25.7 Å². The normalized spacial score (nSPS) is 21.3. The minimum atomic E-state index is 0.271. The van der Waals surface area contributed by atoms with Crippen molar-refractivity contribution in [3.05, 3.63) is 0 Å². The van der Waals surface area contributed by atoms with E-state index >= 15 is 0 Å². The molecule has 1 aliphatic heterocycles. The summed E-state index contributed by atoms with van der Waals surface area (Å²) in [6.45, 7) is 7.68. The topological polar surface area (TPSA) is 35.6 Å². The number of likely N-dealkylation sites (N-methyl/N-ethyl adjacent to an activating group) is 2. The van der Waals surface area contributed by atoms with Gasteiger partial charge in [0.25, 0.3) is 0 Å². The molecule has 1 atom stereocenters. The van der Waals surface area contributed by atoms with Crippen LogP contribution < -0.4 is 5.32 Å². The fraction of sp³-hybridized carbons (Fsp3) is 0.923. The van der Waals surface area contributed by atoms with E-state index in [0.29, 0.717) is 18.5 Å². The van der Waals surface area contributed by atoms with Gasteiger partial charge in [0.2, 0.25) is 5.91 Å². The highest BCUT2D eigenvalue weighted by Gasteiger charge is 2.23. The maximum absolute atomic E-state index is 12.1. The number of likely N-dealkylation sites (tertiary alicyclic amines) is 1. The molecule has 1 rings (SSSR count). The van der Waals surface area contributed by atoms with Crippen molar-refractivity contribution < 1.29 is 4.79 Å². The molecule has 4 heteroatoms. The Morgan fingerprint density at radius 2 is 2.24 bits per heavy atom. The van der Waals surface area contributed by atoms with Crippen molar-refractivity contribution in [1.29, 1.82) is 0 Å². The van der Waals surface area contributed by atoms with Gasteiger partial charge in [-0.25, -0.2) is 0 Å². The molecule has 0 bridgehead atoms. The first kappa shape index (κ1) is 14.5. The lowest BCUT2D eigenvalue weighted by atomic mass is 10.1. The fourth-order valence-corrected chi connectivity index (χ4v) is 2.46. The summed E-state index contributed by atoms with van der Waals surface area (Å²) in [5.41, 5.74) is 0. The minimum absolute atomic E-state index is 0.271. The summed E-state index contributed by atoms with van der Waals surface area (Å²) in [4.78, 5) is 16.2. The van der Waals surface area contributed by atoms with Gasteiger partial charge in [-0.2, -0.15) is 0 Å². The Hall–Kier alpha value is -0.610. The van der Waals surface area contributed by atoms with Gasteiger partial charge < -0.3 is 10.2 Å². The van der Waals surface area contributed by atoms with E-state index in [4.69, 9.17) is 0 Å². The van der Waals surface area contributed by atoms with Crippen LogP contribution in [0.2, 0.25) is 0 Å². The van der Waals surface area contributed by atoms with Crippen molar-refractivity contribution >= 4 is 5.91 Å². The smallest absolute Gasteiger partial charge is 0.236 e. The molecule has 1 heterocycles. The predicted molar refractivity (Wildman–Crippen MR) is 71.0 cm³/mol. The van der Waals surface area contributed by atoms with E-state index in [-0.39, 0.29) is 5.91 Å². The molecule has 1 fully saturated rings. The molecule has 100 valence electrons. The first-order valence-electron chi connectivity index (χ1n) is 6.66. The highest BCUT2D eigenvalue weighted by molar-refractivity contribution is 5.78. The van der Waals surface area contributed by atoms with Crippen molar-refractivity contribution in [3.63, 3.8) is 0 Å². The van der Waals surface area contributed by atoms with E-state index in [0.717, 1.165) is 26.1 Å². The van der Waals surface area contributed by atoms with Gasteiger partial charge in [0.1, 0.15) is 0 Å². The number of carbonyl (C=O) groups excluding carboxylic acids is 1. The first-order chi connectivity index (χ1) is 8.02. The summed E-state index contributed by atoms with van der Waals surface area (Å²) in [5, 5.41) is 3.27. The number of nitrogens with zero attached hydrogens (tertiary/aromatic N) is 2. The zero-order valence-corrected chi connectivity index (χ0v) is 11.7. The van der Waals surface area contributed by atoms with Gasteiger partial charge in [0.05, 0.1) is 6.54 Å². The molecule has 1 amide bonds. The quantitative estimate of drug-likeness (QED) is 0.773. The second-order valence-corrected chi connectivity index (χ2v) is 5.56. The molecule has 4 nitrogen and oxygen atoms in total. The number of nitrogens with one attached hydrogen (secondary N) is 1. The average Bonchev–Trinajstić information content (AvgIpc) is 2.27. The van der Waals surface area contributed by atoms with Crippen LogP contribution in [0.25, 0.3) is 0 Å². The van der Waals surface area contributed by atoms with Crippen LogP contribution >= 0.6 is 0 Å². The van der Waals surface area contributed by atoms with Gasteiger partial charge >= 0.3 is 0 Å². The lowest BCUT2D eigenvalue weighted by Crippen LogP contribution is -2.49. The summed E-state index contributed by atoms with van der Waals surface area (Å²) < 4.78 is 0. The Morgan fingerprint density at radius 3 is 2.82 bits per heavy atom. The third-order valence-electron chi connectivity index (χ3n) is 3.26. The second-order valence-electron chi connectivity index (χ2n) is 5.56. The number of piperidine rings is 1. The maximum atomic E-state index is 12.1. The van der Waals surface area contributed by atoms with Crippen LogP contribution in [-0.4, -0.2) is 62.0 Å². The average molecular weight is 241 g/mol. The summed E-state index contributed by atoms with van der Waals surface area (Å²) in [7, 11) is 4.00. The molecule has 0 aromatic heterocycles. The predicted octanol–water partition coefficient (Wildman–Crippen LogP) is 0.785. The standard InChI is InChI=1S/C13H27N3O/c1-11(2)8-15(4)10-13(17)16-7-5-6-12(9-16)14-3/h11-12,14H,5-10H2,1-4H3. The van der Waals surface area contributed by atoms with Crippen molar-refractivity contribution in [2.24, 2.45) is 5.92 Å². The van der Waals surface area contributed by atoms with E-state index in [1.165, 1.54) is 6.42 Å². The highest BCUT2D eigenvalue weighted by Crippen LogP contribution is 2.10. The van der Waals surface area contributed by atoms with Gasteiger partial charge in [-0.05, 0) is 32.9 Å². The Kier molecular flexibility index (Phi) is 5.92. The van der Waals surface area contributed by atoms with Gasteiger partial charge in [-0.3, -0.25) is 9.69 Å². The Labute approximate surface area is 105 Å². The zero-order chi connectivity index (χ0) is 12.8. The lowest BCUT2D eigenvalue weighted by molar-refractivity contribution is -0.133. The molecule has 17 heavy (non-hydrogen) atoms. The number of hydrogen-bond acceptors (Lipinski definition) is 3. The van der Waals surface area contributed by atoms with E-state index in [1.54, 1.807) is 0 Å². The van der Waals surface area contributed by atoms with Crippen molar-refractivity contribution in [2.75, 3.05) is 40.3 Å². The summed E-state index contributed by atoms with van der Waals surface area (Å²) in [6, 6.07) is 0.475. The van der Waals surface area contributed by atoms with Crippen molar-refractivity contribution in [1.82, 2.24) is 15.1 Å². The third-order valence-corrected chi connectivity index (χ3v) is 3.26. The van der Waals surface area contributed by atoms with Gasteiger partial charge in [0.15, 0.2) is 0 Å². The second kappa shape index (κ2) is 6.97. The number of amides is 1. The minimum Gasteiger partial charge on any atom is -0.340 e. The van der Waals surface area contributed by atoms with Crippen molar-refractivity contribution in [2.45, 2.75) is 32.7 Å². The summed E-state index contributed by atoms with van der Waals surface area (Å²) in [6.07, 6.45) is 2.30. The highest BCUT2D eigenvalue weighted by atomic mass is 16.2. The van der Waals surface area contributed by atoms with E-state index in [2.05, 4.69) is 24.1 Å². The summed E-state index contributed by atoms with van der Waals surface area (Å²) in [5.74, 6) is 0.882. The fourth-order valence-electron chi connectivity index (χ4n) is 2.46. The molecule has 0 spiro atoms. The van der Waals surface area contributed by atoms with Crippen LogP contribution in [0, 0.1) is 5.92 Å². The van der Waals surface area contributed by atoms with E-state index < -0.39 is 0 Å². The van der Waals surface area contributed by atoms with Crippen LogP contribution in [0.1, 0.15) is 26.7 Å². The monoisotopic (exact) mass is 241 g/mol. The Morgan fingerprint density at radius 1 is 1.53 bits per heavy atom. The van der Waals surface area contributed by atoms with Crippen LogP contribution in [0.15, 0.2) is 0 Å². The van der Waals surface area contributed by atoms with Gasteiger partial charge in [-0.1, -0.05) is 13.8 Å². The molecule has 1 N–H and O–H groups in total. The molecule has 0 aromatic rings. The molecule has 1 saturated heterocycles. The third kappa shape index (κ3) is 5.04. The van der Waals surface area contributed by atoms with E-state index in [9.17, 15) is 4.79 Å². The van der Waals surface area contributed by atoms with E-state index in [1.807, 2.05) is 19.0 Å². The SMILES string of the molecule is CNC1CCCN(C(=O)CN(C)CC(C)C)C1. The van der Waals surface area contributed by atoms with Crippen LogP contribution in [0.4, 0.5) is 0 Å². The molecule has 0 saturated carbocycles. The van der Waals surface area contributed by atoms with Crippen molar-refractivity contribution in [3.8, 4) is 0 Å². The number of hydrogen-bond donors (Lipinski definition) is 1. The molecule has 1 aliphatic rings. The molecular weight excluding hydrogens is 214 g/mol. The first-order valence-corrected chi connectivity index (χ1v) is 6.66. The molecule has 0 aromatic carbocycles.